The van der Waals surface area contributed by atoms with Gasteiger partial charge in [-0.1, -0.05) is 36.4 Å². The van der Waals surface area contributed by atoms with Crippen LogP contribution < -0.4 is 0 Å². The minimum atomic E-state index is -5.71. The third kappa shape index (κ3) is 2.74. The molecule has 4 aromatic rings. The first kappa shape index (κ1) is 21.4. The van der Waals surface area contributed by atoms with Crippen LogP contribution in [-0.4, -0.2) is 22.8 Å². The average Bonchev–Trinajstić information content (AvgIpc) is 3.33. The molecule has 0 fully saturated rings. The summed E-state index contributed by atoms with van der Waals surface area (Å²) in [4.78, 5) is 4.04. The van der Waals surface area contributed by atoms with Gasteiger partial charge in [-0.3, -0.25) is 0 Å². The number of nitrogens with zero attached hydrogens (tertiary/aromatic N) is 1. The number of alkyl halides is 6. The maximum atomic E-state index is 15.2. The van der Waals surface area contributed by atoms with Crippen LogP contribution in [0.3, 0.4) is 0 Å². The molecule has 0 bridgehead atoms. The van der Waals surface area contributed by atoms with Gasteiger partial charge in [0.2, 0.25) is 5.89 Å². The first-order valence-electron chi connectivity index (χ1n) is 9.89. The molecule has 0 saturated heterocycles. The highest BCUT2D eigenvalue weighted by atomic mass is 19.3. The number of furan rings is 1. The molecule has 0 atom stereocenters. The molecule has 0 saturated carbocycles. The third-order valence-electron chi connectivity index (χ3n) is 5.73. The Morgan fingerprint density at radius 1 is 0.727 bits per heavy atom. The van der Waals surface area contributed by atoms with Crippen molar-refractivity contribution in [3.63, 3.8) is 0 Å². The van der Waals surface area contributed by atoms with Gasteiger partial charge >= 0.3 is 17.8 Å². The van der Waals surface area contributed by atoms with E-state index >= 15 is 17.6 Å². The number of rotatable bonds is 3. The van der Waals surface area contributed by atoms with Crippen LogP contribution in [0.2, 0.25) is 0 Å². The number of benzene rings is 2. The van der Waals surface area contributed by atoms with Gasteiger partial charge in [0.05, 0.1) is 16.8 Å². The number of fused-ring (bicyclic) bond motifs is 1. The number of halogens is 6. The van der Waals surface area contributed by atoms with Crippen molar-refractivity contribution in [1.82, 2.24) is 4.98 Å². The van der Waals surface area contributed by atoms with Crippen molar-refractivity contribution in [2.45, 2.75) is 31.6 Å². The molecule has 1 aliphatic carbocycles. The Morgan fingerprint density at radius 2 is 1.33 bits per heavy atom. The molecule has 5 rings (SSSR count). The summed E-state index contributed by atoms with van der Waals surface area (Å²) < 4.78 is 101. The second-order valence-corrected chi connectivity index (χ2v) is 7.80. The summed E-state index contributed by atoms with van der Waals surface area (Å²) in [6, 6.07) is 13.9. The predicted molar refractivity (Wildman–Crippen MR) is 109 cm³/mol. The second kappa shape index (κ2) is 6.76. The average molecular weight is 463 g/mol. The topological polar surface area (TPSA) is 39.2 Å². The predicted octanol–water partition coefficient (Wildman–Crippen LogP) is 7.53. The number of aromatic nitrogens is 1. The Balaban J connectivity index is 1.88. The minimum absolute atomic E-state index is 0.0103. The van der Waals surface area contributed by atoms with Gasteiger partial charge in [-0.05, 0) is 32.0 Å². The van der Waals surface area contributed by atoms with Crippen LogP contribution in [0.5, 0.6) is 0 Å². The van der Waals surface area contributed by atoms with E-state index in [1.54, 1.807) is 36.4 Å². The Hall–Kier alpha value is -3.49. The van der Waals surface area contributed by atoms with Crippen LogP contribution in [0, 0.1) is 13.8 Å². The Bertz CT molecular complexity index is 1420. The number of allylic oxidation sites excluding steroid dienone is 2. The largest absolute Gasteiger partial charge is 0.461 e. The van der Waals surface area contributed by atoms with Crippen molar-refractivity contribution in [2.75, 3.05) is 0 Å². The van der Waals surface area contributed by atoms with Crippen molar-refractivity contribution < 1.29 is 35.2 Å². The summed E-state index contributed by atoms with van der Waals surface area (Å²) in [6.45, 7) is 2.49. The number of aryl methyl sites for hydroxylation is 2. The quantitative estimate of drug-likeness (QED) is 0.295. The summed E-state index contributed by atoms with van der Waals surface area (Å²) in [5.74, 6) is -17.3. The number of para-hydroxylation sites is 1. The maximum absolute atomic E-state index is 15.2. The van der Waals surface area contributed by atoms with E-state index in [1.807, 2.05) is 0 Å². The van der Waals surface area contributed by atoms with Crippen LogP contribution in [0.25, 0.3) is 33.6 Å². The van der Waals surface area contributed by atoms with Gasteiger partial charge < -0.3 is 8.83 Å². The van der Waals surface area contributed by atoms with Gasteiger partial charge in [-0.25, -0.2) is 4.98 Å². The molecule has 2 heterocycles. The molecule has 0 spiro atoms. The molecule has 3 nitrogen and oxygen atoms in total. The molecule has 2 aromatic heterocycles. The number of oxazole rings is 1. The lowest BCUT2D eigenvalue weighted by atomic mass is 9.95. The Morgan fingerprint density at radius 3 is 2.03 bits per heavy atom. The molecule has 1 aliphatic rings. The first-order chi connectivity index (χ1) is 15.5. The molecule has 0 N–H and O–H groups in total. The molecular formula is C24H15F6NO2. The molecule has 2 aromatic carbocycles. The summed E-state index contributed by atoms with van der Waals surface area (Å²) in [5, 5.41) is 0.0103. The zero-order chi connectivity index (χ0) is 23.8. The smallest absolute Gasteiger partial charge is 0.380 e. The van der Waals surface area contributed by atoms with E-state index < -0.39 is 40.2 Å². The van der Waals surface area contributed by atoms with Gasteiger partial charge in [-0.2, -0.15) is 26.3 Å². The Labute approximate surface area is 183 Å². The highest BCUT2D eigenvalue weighted by Gasteiger charge is 2.81. The molecule has 0 unspecified atom stereocenters. The van der Waals surface area contributed by atoms with Crippen LogP contribution >= 0.6 is 0 Å². The molecule has 0 amide bonds. The van der Waals surface area contributed by atoms with Gasteiger partial charge in [-0.15, -0.1) is 0 Å². The number of hydrogen-bond acceptors (Lipinski definition) is 3. The summed E-state index contributed by atoms with van der Waals surface area (Å²) in [5.41, 5.74) is -3.39. The van der Waals surface area contributed by atoms with E-state index in [1.165, 1.54) is 32.0 Å². The minimum Gasteiger partial charge on any atom is -0.461 e. The molecule has 0 radical (unpaired) electrons. The van der Waals surface area contributed by atoms with E-state index in [2.05, 4.69) is 4.98 Å². The molecule has 33 heavy (non-hydrogen) atoms. The first-order valence-corrected chi connectivity index (χ1v) is 9.89. The van der Waals surface area contributed by atoms with E-state index in [4.69, 9.17) is 8.83 Å². The SMILES string of the molecule is Cc1nc(-c2ccccc2)oc1C1=C(c2c(C)oc3ccccc23)C(F)(F)C(F)(F)C1(F)F. The van der Waals surface area contributed by atoms with Gasteiger partial charge in [0.1, 0.15) is 11.3 Å². The number of hydrogen-bond donors (Lipinski definition) is 0. The standard InChI is InChI=1S/C24H15F6NO2/c1-12-20(33-21(31-12)14-8-4-3-5-9-14)19-18(22(25,26)24(29,30)23(19,27)28)17-13(2)32-16-11-7-6-10-15(16)17/h3-11H,1-2H3. The van der Waals surface area contributed by atoms with Crippen LogP contribution in [-0.2, 0) is 0 Å². The van der Waals surface area contributed by atoms with Crippen molar-refractivity contribution in [3.05, 3.63) is 77.4 Å². The fourth-order valence-electron chi connectivity index (χ4n) is 4.17. The van der Waals surface area contributed by atoms with Gasteiger partial charge in [0.15, 0.2) is 5.76 Å². The zero-order valence-electron chi connectivity index (χ0n) is 17.2. The molecule has 170 valence electrons. The monoisotopic (exact) mass is 463 g/mol. The lowest BCUT2D eigenvalue weighted by molar-refractivity contribution is -0.254. The third-order valence-corrected chi connectivity index (χ3v) is 5.73. The van der Waals surface area contributed by atoms with Gasteiger partial charge in [0, 0.05) is 16.5 Å². The maximum Gasteiger partial charge on any atom is 0.380 e. The van der Waals surface area contributed by atoms with E-state index in [-0.39, 0.29) is 28.3 Å². The zero-order valence-corrected chi connectivity index (χ0v) is 17.2. The molecule has 9 heteroatoms. The highest BCUT2D eigenvalue weighted by molar-refractivity contribution is 6.07. The molecule has 0 aliphatic heterocycles. The van der Waals surface area contributed by atoms with Crippen molar-refractivity contribution in [1.29, 1.82) is 0 Å². The van der Waals surface area contributed by atoms with Crippen LogP contribution in [0.15, 0.2) is 63.4 Å². The van der Waals surface area contributed by atoms with E-state index in [0.717, 1.165) is 0 Å². The summed E-state index contributed by atoms with van der Waals surface area (Å²) in [7, 11) is 0. The summed E-state index contributed by atoms with van der Waals surface area (Å²) >= 11 is 0. The second-order valence-electron chi connectivity index (χ2n) is 7.80. The lowest BCUT2D eigenvalue weighted by Gasteiger charge is -2.25. The van der Waals surface area contributed by atoms with Crippen molar-refractivity contribution in [3.8, 4) is 11.5 Å². The van der Waals surface area contributed by atoms with Crippen molar-refractivity contribution in [2.24, 2.45) is 0 Å². The lowest BCUT2D eigenvalue weighted by Crippen LogP contribution is -2.48. The summed E-state index contributed by atoms with van der Waals surface area (Å²) in [6.07, 6.45) is 0. The Kier molecular flexibility index (Phi) is 4.37. The fraction of sp³-hybridized carbons (Fsp3) is 0.208. The highest BCUT2D eigenvalue weighted by Crippen LogP contribution is 2.65. The van der Waals surface area contributed by atoms with E-state index in [0.29, 0.717) is 5.56 Å². The molecular weight excluding hydrogens is 448 g/mol. The normalized spacial score (nSPS) is 18.9. The van der Waals surface area contributed by atoms with Crippen LogP contribution in [0.1, 0.15) is 22.8 Å². The fourth-order valence-corrected chi connectivity index (χ4v) is 4.17. The van der Waals surface area contributed by atoms with E-state index in [9.17, 15) is 8.78 Å². The van der Waals surface area contributed by atoms with Crippen molar-refractivity contribution >= 4 is 22.1 Å². The van der Waals surface area contributed by atoms with Gasteiger partial charge in [0.25, 0.3) is 0 Å². The van der Waals surface area contributed by atoms with Crippen LogP contribution in [0.4, 0.5) is 26.3 Å².